The van der Waals surface area contributed by atoms with Crippen molar-refractivity contribution < 1.29 is 27.7 Å². The van der Waals surface area contributed by atoms with Gasteiger partial charge in [0.1, 0.15) is 12.3 Å². The van der Waals surface area contributed by atoms with Gasteiger partial charge in [0, 0.05) is 19.0 Å². The fraction of sp³-hybridized carbons (Fsp3) is 0.222. The van der Waals surface area contributed by atoms with E-state index < -0.39 is 32.6 Å². The highest BCUT2D eigenvalue weighted by Gasteiger charge is 2.26. The third-order valence-corrected chi connectivity index (χ3v) is 5.30. The lowest BCUT2D eigenvalue weighted by atomic mass is 10.2. The van der Waals surface area contributed by atoms with Crippen LogP contribution in [0.3, 0.4) is 0 Å². The lowest BCUT2D eigenvalue weighted by molar-refractivity contribution is -0.384. The van der Waals surface area contributed by atoms with Gasteiger partial charge in [0.05, 0.1) is 27.7 Å². The Bertz CT molecular complexity index is 1140. The molecule has 1 aliphatic rings. The summed E-state index contributed by atoms with van der Waals surface area (Å²) in [6.07, 6.45) is -0.550. The first-order valence-corrected chi connectivity index (χ1v) is 10.6. The Kier molecular flexibility index (Phi) is 6.36. The molecule has 2 amide bonds. The highest BCUT2D eigenvalue weighted by Crippen LogP contribution is 2.29. The Hall–Kier alpha value is -3.71. The number of rotatable bonds is 8. The van der Waals surface area contributed by atoms with E-state index >= 15 is 0 Å². The van der Waals surface area contributed by atoms with Crippen LogP contribution < -0.4 is 20.7 Å². The molecular weight excluding hydrogens is 430 g/mol. The molecule has 3 rings (SSSR count). The number of nitrogens with two attached hydrogens (primary N) is 1. The zero-order valence-electron chi connectivity index (χ0n) is 16.1. The van der Waals surface area contributed by atoms with E-state index in [1.165, 1.54) is 11.0 Å². The number of benzene rings is 2. The van der Waals surface area contributed by atoms with Crippen LogP contribution in [0.2, 0.25) is 0 Å². The standard InChI is InChI=1S/C18H19N5O7S/c19-31(28,29)12-5-6-13(16(11-12)23(26)27)20-8-7-17(24)21-14-3-1-2-4-15(14)22-9-10-30-18(22)25/h1-6,11,20H,7-10H2,(H,21,24)(H2,19,28,29). The van der Waals surface area contributed by atoms with Gasteiger partial charge >= 0.3 is 6.09 Å². The van der Waals surface area contributed by atoms with Crippen LogP contribution in [0, 0.1) is 10.1 Å². The van der Waals surface area contributed by atoms with Crippen LogP contribution in [-0.4, -0.2) is 45.0 Å². The van der Waals surface area contributed by atoms with E-state index in [1.54, 1.807) is 24.3 Å². The van der Waals surface area contributed by atoms with E-state index in [-0.39, 0.29) is 30.2 Å². The molecule has 1 fully saturated rings. The number of ether oxygens (including phenoxy) is 1. The number of nitrogens with zero attached hydrogens (tertiary/aromatic N) is 2. The number of nitro groups is 1. The van der Waals surface area contributed by atoms with Crippen molar-refractivity contribution in [2.75, 3.05) is 35.2 Å². The molecule has 0 unspecified atom stereocenters. The van der Waals surface area contributed by atoms with Crippen molar-refractivity contribution in [1.29, 1.82) is 0 Å². The van der Waals surface area contributed by atoms with Gasteiger partial charge in [-0.25, -0.2) is 18.4 Å². The van der Waals surface area contributed by atoms with Gasteiger partial charge in [-0.3, -0.25) is 19.8 Å². The summed E-state index contributed by atoms with van der Waals surface area (Å²) >= 11 is 0. The summed E-state index contributed by atoms with van der Waals surface area (Å²) in [6, 6.07) is 9.95. The van der Waals surface area contributed by atoms with Crippen LogP contribution in [-0.2, 0) is 19.6 Å². The van der Waals surface area contributed by atoms with Crippen molar-refractivity contribution in [2.24, 2.45) is 5.14 Å². The molecule has 0 saturated carbocycles. The van der Waals surface area contributed by atoms with E-state index in [0.29, 0.717) is 17.9 Å². The minimum absolute atomic E-state index is 0.0370. The Morgan fingerprint density at radius 1 is 1.23 bits per heavy atom. The van der Waals surface area contributed by atoms with Crippen molar-refractivity contribution in [3.8, 4) is 0 Å². The van der Waals surface area contributed by atoms with E-state index in [2.05, 4.69) is 10.6 Å². The Labute approximate surface area is 177 Å². The molecule has 0 aliphatic carbocycles. The molecule has 1 heterocycles. The summed E-state index contributed by atoms with van der Waals surface area (Å²) < 4.78 is 27.7. The normalized spacial score (nSPS) is 13.6. The van der Waals surface area contributed by atoms with Crippen molar-refractivity contribution in [1.82, 2.24) is 0 Å². The SMILES string of the molecule is NS(=O)(=O)c1ccc(NCCC(=O)Nc2ccccc2N2CCOC2=O)c([N+](=O)[O-])c1. The number of anilines is 3. The highest BCUT2D eigenvalue weighted by molar-refractivity contribution is 7.89. The second kappa shape index (κ2) is 8.97. The number of para-hydroxylation sites is 2. The molecular formula is C18H19N5O7S. The van der Waals surface area contributed by atoms with Crippen LogP contribution in [0.25, 0.3) is 0 Å². The zero-order chi connectivity index (χ0) is 22.6. The van der Waals surface area contributed by atoms with Gasteiger partial charge in [0.25, 0.3) is 5.69 Å². The third-order valence-electron chi connectivity index (χ3n) is 4.39. The molecule has 1 aliphatic heterocycles. The molecule has 0 bridgehead atoms. The molecule has 164 valence electrons. The summed E-state index contributed by atoms with van der Waals surface area (Å²) in [5.41, 5.74) is 0.491. The number of amides is 2. The van der Waals surface area contributed by atoms with E-state index in [9.17, 15) is 28.1 Å². The quantitative estimate of drug-likeness (QED) is 0.403. The molecule has 2 aromatic rings. The number of hydrogen-bond donors (Lipinski definition) is 3. The first kappa shape index (κ1) is 22.0. The second-order valence-electron chi connectivity index (χ2n) is 6.49. The second-order valence-corrected chi connectivity index (χ2v) is 8.05. The van der Waals surface area contributed by atoms with Gasteiger partial charge in [0.15, 0.2) is 0 Å². The molecule has 2 aromatic carbocycles. The number of carbonyl (C=O) groups is 2. The Morgan fingerprint density at radius 3 is 2.61 bits per heavy atom. The molecule has 12 nitrogen and oxygen atoms in total. The van der Waals surface area contributed by atoms with Crippen molar-refractivity contribution in [3.63, 3.8) is 0 Å². The van der Waals surface area contributed by atoms with Crippen LogP contribution in [0.5, 0.6) is 0 Å². The summed E-state index contributed by atoms with van der Waals surface area (Å²) in [6.45, 7) is 0.662. The Morgan fingerprint density at radius 2 is 1.97 bits per heavy atom. The van der Waals surface area contributed by atoms with Gasteiger partial charge in [-0.15, -0.1) is 0 Å². The topological polar surface area (TPSA) is 174 Å². The molecule has 13 heteroatoms. The molecule has 0 atom stereocenters. The Balaban J connectivity index is 1.64. The summed E-state index contributed by atoms with van der Waals surface area (Å²) in [7, 11) is -4.09. The average Bonchev–Trinajstić information content (AvgIpc) is 3.13. The van der Waals surface area contributed by atoms with E-state index in [0.717, 1.165) is 12.1 Å². The minimum Gasteiger partial charge on any atom is -0.447 e. The van der Waals surface area contributed by atoms with Gasteiger partial charge in [0.2, 0.25) is 15.9 Å². The maximum Gasteiger partial charge on any atom is 0.414 e. The van der Waals surface area contributed by atoms with Crippen LogP contribution >= 0.6 is 0 Å². The predicted molar refractivity (Wildman–Crippen MR) is 111 cm³/mol. The number of nitrogens with one attached hydrogen (secondary N) is 2. The van der Waals surface area contributed by atoms with Crippen molar-refractivity contribution in [2.45, 2.75) is 11.3 Å². The first-order chi connectivity index (χ1) is 14.7. The smallest absolute Gasteiger partial charge is 0.414 e. The van der Waals surface area contributed by atoms with Gasteiger partial charge in [-0.05, 0) is 24.3 Å². The molecule has 4 N–H and O–H groups in total. The summed E-state index contributed by atoms with van der Waals surface area (Å²) in [4.78, 5) is 35.6. The van der Waals surface area contributed by atoms with Crippen LogP contribution in [0.1, 0.15) is 6.42 Å². The van der Waals surface area contributed by atoms with Crippen molar-refractivity contribution >= 4 is 44.8 Å². The van der Waals surface area contributed by atoms with Gasteiger partial charge in [-0.2, -0.15) is 0 Å². The van der Waals surface area contributed by atoms with Crippen LogP contribution in [0.4, 0.5) is 27.5 Å². The molecule has 1 saturated heterocycles. The lowest BCUT2D eigenvalue weighted by Crippen LogP contribution is -2.25. The van der Waals surface area contributed by atoms with E-state index in [1.807, 2.05) is 0 Å². The van der Waals surface area contributed by atoms with Crippen LogP contribution in [0.15, 0.2) is 47.4 Å². The minimum atomic E-state index is -4.09. The maximum atomic E-state index is 12.3. The van der Waals surface area contributed by atoms with E-state index in [4.69, 9.17) is 9.88 Å². The van der Waals surface area contributed by atoms with Gasteiger partial charge < -0.3 is 15.4 Å². The van der Waals surface area contributed by atoms with Crippen molar-refractivity contribution in [3.05, 3.63) is 52.6 Å². The lowest BCUT2D eigenvalue weighted by Gasteiger charge is -2.17. The number of sulfonamides is 1. The summed E-state index contributed by atoms with van der Waals surface area (Å²) in [5, 5.41) is 21.7. The zero-order valence-corrected chi connectivity index (χ0v) is 16.9. The third kappa shape index (κ3) is 5.26. The molecule has 0 aromatic heterocycles. The monoisotopic (exact) mass is 449 g/mol. The number of hydrogen-bond acceptors (Lipinski definition) is 8. The largest absolute Gasteiger partial charge is 0.447 e. The molecule has 0 radical (unpaired) electrons. The predicted octanol–water partition coefficient (Wildman–Crippen LogP) is 1.64. The fourth-order valence-corrected chi connectivity index (χ4v) is 3.47. The maximum absolute atomic E-state index is 12.3. The summed E-state index contributed by atoms with van der Waals surface area (Å²) in [5.74, 6) is -0.392. The molecule has 31 heavy (non-hydrogen) atoms. The van der Waals surface area contributed by atoms with Gasteiger partial charge in [-0.1, -0.05) is 12.1 Å². The average molecular weight is 449 g/mol. The molecule has 0 spiro atoms. The highest BCUT2D eigenvalue weighted by atomic mass is 32.2. The number of cyclic esters (lactones) is 1. The number of carbonyl (C=O) groups excluding carboxylic acids is 2. The first-order valence-electron chi connectivity index (χ1n) is 9.05. The fourth-order valence-electron chi connectivity index (χ4n) is 2.94. The number of primary sulfonamides is 1. The number of nitro benzene ring substituents is 1.